The van der Waals surface area contributed by atoms with Crippen LogP contribution in [0.15, 0.2) is 83.9 Å². The van der Waals surface area contributed by atoms with Crippen LogP contribution in [0.25, 0.3) is 11.1 Å². The molecule has 6 nitrogen and oxygen atoms in total. The Labute approximate surface area is 196 Å². The maximum absolute atomic E-state index is 13.4. The van der Waals surface area contributed by atoms with Gasteiger partial charge in [-0.2, -0.15) is 0 Å². The predicted molar refractivity (Wildman–Crippen MR) is 130 cm³/mol. The Morgan fingerprint density at radius 3 is 2.45 bits per heavy atom. The topological polar surface area (TPSA) is 98.0 Å². The Morgan fingerprint density at radius 2 is 1.76 bits per heavy atom. The summed E-state index contributed by atoms with van der Waals surface area (Å²) in [4.78, 5) is 33.7. The molecule has 33 heavy (non-hydrogen) atoms. The highest BCUT2D eigenvalue weighted by Gasteiger charge is 2.20. The van der Waals surface area contributed by atoms with Gasteiger partial charge in [-0.3, -0.25) is 14.6 Å². The average Bonchev–Trinajstić information content (AvgIpc) is 3.36. The van der Waals surface area contributed by atoms with E-state index in [0.29, 0.717) is 18.5 Å². The maximum Gasteiger partial charge on any atom is 0.248 e. The van der Waals surface area contributed by atoms with Crippen LogP contribution < -0.4 is 11.1 Å². The molecular weight excluding hydrogens is 432 g/mol. The molecule has 0 aliphatic carbocycles. The van der Waals surface area contributed by atoms with E-state index in [9.17, 15) is 9.59 Å². The van der Waals surface area contributed by atoms with Gasteiger partial charge in [0, 0.05) is 36.3 Å². The Bertz CT molecular complexity index is 1210. The van der Waals surface area contributed by atoms with Crippen molar-refractivity contribution in [2.75, 3.05) is 0 Å². The smallest absolute Gasteiger partial charge is 0.248 e. The molecule has 2 aromatic carbocycles. The third-order valence-electron chi connectivity index (χ3n) is 5.35. The van der Waals surface area contributed by atoms with Crippen LogP contribution in [0.2, 0.25) is 0 Å². The fourth-order valence-electron chi connectivity index (χ4n) is 3.67. The summed E-state index contributed by atoms with van der Waals surface area (Å²) in [6, 6.07) is 18.6. The van der Waals surface area contributed by atoms with Gasteiger partial charge >= 0.3 is 0 Å². The number of carbonyl (C=O) groups excluding carboxylic acids is 2. The highest BCUT2D eigenvalue weighted by molar-refractivity contribution is 7.07. The molecular formula is C26H24N4O2S. The summed E-state index contributed by atoms with van der Waals surface area (Å²) in [5, 5.41) is 5.34. The van der Waals surface area contributed by atoms with E-state index in [1.165, 1.54) is 11.3 Å². The minimum Gasteiger partial charge on any atom is -0.366 e. The van der Waals surface area contributed by atoms with Crippen LogP contribution in [-0.2, 0) is 24.2 Å². The molecule has 1 atom stereocenters. The minimum absolute atomic E-state index is 0.0383. The normalized spacial score (nSPS) is 11.8. The molecule has 0 aliphatic rings. The highest BCUT2D eigenvalue weighted by Crippen LogP contribution is 2.23. The van der Waals surface area contributed by atoms with Crippen LogP contribution >= 0.6 is 11.3 Å². The van der Waals surface area contributed by atoms with E-state index in [2.05, 4.69) is 15.3 Å². The zero-order chi connectivity index (χ0) is 23.0. The van der Waals surface area contributed by atoms with E-state index in [-0.39, 0.29) is 12.2 Å². The zero-order valence-corrected chi connectivity index (χ0v) is 18.8. The number of thiazole rings is 1. The standard InChI is InChI=1S/C26H24N4O2S/c27-26(32)22-11-19(10-21(14-22)20-6-8-28-9-7-20)13-25(31)24(12-18-4-2-1-3-5-18)29-15-23-16-33-17-30-23/h1-11,14,16-17,24,29H,12-13,15H2,(H2,27,32)/t24-/m0/s1. The molecule has 7 heteroatoms. The Balaban J connectivity index is 1.58. The highest BCUT2D eigenvalue weighted by atomic mass is 32.1. The van der Waals surface area contributed by atoms with E-state index < -0.39 is 11.9 Å². The molecule has 0 aliphatic heterocycles. The largest absolute Gasteiger partial charge is 0.366 e. The number of nitrogens with two attached hydrogens (primary N) is 1. The molecule has 0 fully saturated rings. The number of aromatic nitrogens is 2. The van der Waals surface area contributed by atoms with Crippen LogP contribution in [0.1, 0.15) is 27.2 Å². The van der Waals surface area contributed by atoms with Gasteiger partial charge in [0.25, 0.3) is 0 Å². The number of carbonyl (C=O) groups is 2. The summed E-state index contributed by atoms with van der Waals surface area (Å²) in [6.07, 6.45) is 4.13. The number of amides is 1. The molecule has 0 radical (unpaired) electrons. The lowest BCUT2D eigenvalue weighted by Crippen LogP contribution is -2.39. The molecule has 0 bridgehead atoms. The molecule has 2 heterocycles. The Hall–Kier alpha value is -3.68. The van der Waals surface area contributed by atoms with Gasteiger partial charge in [-0.1, -0.05) is 36.4 Å². The average molecular weight is 457 g/mol. The number of hydrogen-bond donors (Lipinski definition) is 2. The van der Waals surface area contributed by atoms with Crippen LogP contribution in [-0.4, -0.2) is 27.7 Å². The quantitative estimate of drug-likeness (QED) is 0.378. The molecule has 3 N–H and O–H groups in total. The zero-order valence-electron chi connectivity index (χ0n) is 18.0. The molecule has 4 aromatic rings. The summed E-state index contributed by atoms with van der Waals surface area (Å²) < 4.78 is 0. The maximum atomic E-state index is 13.4. The SMILES string of the molecule is NC(=O)c1cc(CC(=O)[C@H](Cc2ccccc2)NCc2cscn2)cc(-c2ccncc2)c1. The van der Waals surface area contributed by atoms with Crippen LogP contribution in [0.4, 0.5) is 0 Å². The first-order valence-electron chi connectivity index (χ1n) is 10.6. The number of benzene rings is 2. The summed E-state index contributed by atoms with van der Waals surface area (Å²) in [5.74, 6) is -0.488. The minimum atomic E-state index is -0.526. The van der Waals surface area contributed by atoms with Crippen molar-refractivity contribution in [3.8, 4) is 11.1 Å². The van der Waals surface area contributed by atoms with Crippen molar-refractivity contribution in [2.24, 2.45) is 5.73 Å². The molecule has 0 spiro atoms. The van der Waals surface area contributed by atoms with Gasteiger partial charge in [-0.15, -0.1) is 11.3 Å². The summed E-state index contributed by atoms with van der Waals surface area (Å²) in [6.45, 7) is 0.510. The van der Waals surface area contributed by atoms with Gasteiger partial charge in [0.15, 0.2) is 5.78 Å². The fraction of sp³-hybridized carbons (Fsp3) is 0.154. The second-order valence-electron chi connectivity index (χ2n) is 7.76. The molecule has 0 unspecified atom stereocenters. The number of nitrogens with zero attached hydrogens (tertiary/aromatic N) is 2. The van der Waals surface area contributed by atoms with Crippen molar-refractivity contribution in [1.29, 1.82) is 0 Å². The number of hydrogen-bond acceptors (Lipinski definition) is 6. The van der Waals surface area contributed by atoms with E-state index in [1.807, 2.05) is 53.9 Å². The third-order valence-corrected chi connectivity index (χ3v) is 5.99. The Morgan fingerprint density at radius 1 is 0.970 bits per heavy atom. The third kappa shape index (κ3) is 6.19. The molecule has 4 rings (SSSR count). The van der Waals surface area contributed by atoms with Crippen molar-refractivity contribution in [1.82, 2.24) is 15.3 Å². The molecule has 0 saturated carbocycles. The first-order valence-corrected chi connectivity index (χ1v) is 11.5. The van der Waals surface area contributed by atoms with E-state index in [4.69, 9.17) is 5.73 Å². The van der Waals surface area contributed by atoms with Crippen LogP contribution in [0.3, 0.4) is 0 Å². The number of nitrogens with one attached hydrogen (secondary N) is 1. The van der Waals surface area contributed by atoms with Crippen molar-refractivity contribution in [2.45, 2.75) is 25.4 Å². The number of Topliss-reactive ketones (excluding diaryl/α,β-unsaturated/α-hetero) is 1. The number of rotatable bonds is 10. The van der Waals surface area contributed by atoms with Crippen LogP contribution in [0, 0.1) is 0 Å². The van der Waals surface area contributed by atoms with Gasteiger partial charge in [0.1, 0.15) is 0 Å². The fourth-order valence-corrected chi connectivity index (χ4v) is 4.23. The van der Waals surface area contributed by atoms with Gasteiger partial charge in [0.05, 0.1) is 17.2 Å². The van der Waals surface area contributed by atoms with Gasteiger partial charge in [0.2, 0.25) is 5.91 Å². The van der Waals surface area contributed by atoms with E-state index in [0.717, 1.165) is 27.9 Å². The van der Waals surface area contributed by atoms with Crippen LogP contribution in [0.5, 0.6) is 0 Å². The molecule has 0 saturated heterocycles. The molecule has 1 amide bonds. The van der Waals surface area contributed by atoms with Gasteiger partial charge in [-0.25, -0.2) is 4.98 Å². The second kappa shape index (κ2) is 10.8. The molecule has 166 valence electrons. The number of ketones is 1. The van der Waals surface area contributed by atoms with E-state index >= 15 is 0 Å². The summed E-state index contributed by atoms with van der Waals surface area (Å²) in [5.41, 5.74) is 12.2. The number of primary amides is 1. The van der Waals surface area contributed by atoms with Crippen molar-refractivity contribution in [3.63, 3.8) is 0 Å². The van der Waals surface area contributed by atoms with E-state index in [1.54, 1.807) is 30.0 Å². The lowest BCUT2D eigenvalue weighted by molar-refractivity contribution is -0.120. The second-order valence-corrected chi connectivity index (χ2v) is 8.48. The van der Waals surface area contributed by atoms with Gasteiger partial charge in [-0.05, 0) is 52.9 Å². The van der Waals surface area contributed by atoms with Crippen molar-refractivity contribution >= 4 is 23.0 Å². The molecule has 2 aromatic heterocycles. The monoisotopic (exact) mass is 456 g/mol. The number of pyridine rings is 1. The lowest BCUT2D eigenvalue weighted by atomic mass is 9.94. The van der Waals surface area contributed by atoms with Crippen molar-refractivity contribution in [3.05, 3.63) is 106 Å². The van der Waals surface area contributed by atoms with Crippen molar-refractivity contribution < 1.29 is 9.59 Å². The Kier molecular flexibility index (Phi) is 7.34. The van der Waals surface area contributed by atoms with Gasteiger partial charge < -0.3 is 11.1 Å². The predicted octanol–water partition coefficient (Wildman–Crippen LogP) is 3.82. The first-order chi connectivity index (χ1) is 16.1. The first kappa shape index (κ1) is 22.5. The lowest BCUT2D eigenvalue weighted by Gasteiger charge is -2.18. The summed E-state index contributed by atoms with van der Waals surface area (Å²) in [7, 11) is 0. The summed E-state index contributed by atoms with van der Waals surface area (Å²) >= 11 is 1.53.